The molecule has 0 spiro atoms. The Morgan fingerprint density at radius 2 is 1.95 bits per heavy atom. The quantitative estimate of drug-likeness (QED) is 0.872. The third-order valence-electron chi connectivity index (χ3n) is 2.45. The summed E-state index contributed by atoms with van der Waals surface area (Å²) in [5, 5.41) is 19.2. The summed E-state index contributed by atoms with van der Waals surface area (Å²) in [6.07, 6.45) is 1.14. The maximum atomic E-state index is 11.9. The first kappa shape index (κ1) is 15.3. The normalized spacial score (nSPS) is 10.4. The molecule has 0 aliphatic heterocycles. The molecular formula is C12H10Cl2N4O3. The predicted octanol–water partition coefficient (Wildman–Crippen LogP) is 1.85. The highest BCUT2D eigenvalue weighted by atomic mass is 35.5. The average molecular weight is 329 g/mol. The van der Waals surface area contributed by atoms with Crippen molar-refractivity contribution >= 4 is 40.8 Å². The van der Waals surface area contributed by atoms with Crippen LogP contribution in [0.2, 0.25) is 10.0 Å². The number of carboxylic acid groups (broad SMARTS) is 1. The highest BCUT2D eigenvalue weighted by molar-refractivity contribution is 6.39. The van der Waals surface area contributed by atoms with Gasteiger partial charge in [-0.25, -0.2) is 4.68 Å². The zero-order chi connectivity index (χ0) is 15.4. The SMILES string of the molecule is O=C(O)Cc1cn(CC(=O)Nc2c(Cl)cccc2Cl)nn1. The van der Waals surface area contributed by atoms with Gasteiger partial charge >= 0.3 is 5.97 Å². The third kappa shape index (κ3) is 4.17. The molecule has 2 aromatic rings. The van der Waals surface area contributed by atoms with Gasteiger partial charge in [0.15, 0.2) is 0 Å². The van der Waals surface area contributed by atoms with Crippen LogP contribution in [0.3, 0.4) is 0 Å². The molecule has 0 bridgehead atoms. The molecule has 0 saturated heterocycles. The summed E-state index contributed by atoms with van der Waals surface area (Å²) in [5.41, 5.74) is 0.586. The lowest BCUT2D eigenvalue weighted by Gasteiger charge is -2.08. The van der Waals surface area contributed by atoms with Gasteiger partial charge in [-0.05, 0) is 12.1 Å². The van der Waals surface area contributed by atoms with Crippen LogP contribution in [0.5, 0.6) is 0 Å². The third-order valence-corrected chi connectivity index (χ3v) is 3.08. The van der Waals surface area contributed by atoms with Crippen LogP contribution in [0.15, 0.2) is 24.4 Å². The van der Waals surface area contributed by atoms with Gasteiger partial charge in [-0.15, -0.1) is 5.10 Å². The lowest BCUT2D eigenvalue weighted by molar-refractivity contribution is -0.136. The summed E-state index contributed by atoms with van der Waals surface area (Å²) in [5.74, 6) is -1.42. The van der Waals surface area contributed by atoms with E-state index in [2.05, 4.69) is 15.6 Å². The number of nitrogens with zero attached hydrogens (tertiary/aromatic N) is 3. The minimum absolute atomic E-state index is 0.131. The van der Waals surface area contributed by atoms with E-state index in [1.807, 2.05) is 0 Å². The van der Waals surface area contributed by atoms with Gasteiger partial charge in [0.25, 0.3) is 0 Å². The summed E-state index contributed by atoms with van der Waals surface area (Å²) in [6, 6.07) is 4.86. The van der Waals surface area contributed by atoms with E-state index in [0.29, 0.717) is 15.7 Å². The van der Waals surface area contributed by atoms with Crippen molar-refractivity contribution in [2.24, 2.45) is 0 Å². The largest absolute Gasteiger partial charge is 0.481 e. The summed E-state index contributed by atoms with van der Waals surface area (Å²) >= 11 is 11.9. The lowest BCUT2D eigenvalue weighted by Crippen LogP contribution is -2.19. The van der Waals surface area contributed by atoms with E-state index >= 15 is 0 Å². The smallest absolute Gasteiger partial charge is 0.309 e. The molecule has 110 valence electrons. The first-order valence-corrected chi connectivity index (χ1v) is 6.56. The molecule has 2 rings (SSSR count). The molecule has 7 nitrogen and oxygen atoms in total. The van der Waals surface area contributed by atoms with Crippen LogP contribution in [0.4, 0.5) is 5.69 Å². The molecular weight excluding hydrogens is 319 g/mol. The van der Waals surface area contributed by atoms with E-state index in [1.54, 1.807) is 18.2 Å². The van der Waals surface area contributed by atoms with Crippen LogP contribution < -0.4 is 5.32 Å². The van der Waals surface area contributed by atoms with Gasteiger partial charge in [0.2, 0.25) is 5.91 Å². The number of carbonyl (C=O) groups excluding carboxylic acids is 1. The van der Waals surface area contributed by atoms with E-state index in [4.69, 9.17) is 28.3 Å². The zero-order valence-corrected chi connectivity index (χ0v) is 12.1. The maximum Gasteiger partial charge on any atom is 0.309 e. The molecule has 2 N–H and O–H groups in total. The number of hydrogen-bond acceptors (Lipinski definition) is 4. The van der Waals surface area contributed by atoms with Crippen LogP contribution in [0.1, 0.15) is 5.69 Å². The monoisotopic (exact) mass is 328 g/mol. The molecule has 0 unspecified atom stereocenters. The summed E-state index contributed by atoms with van der Waals surface area (Å²) in [4.78, 5) is 22.4. The molecule has 1 heterocycles. The zero-order valence-electron chi connectivity index (χ0n) is 10.6. The van der Waals surface area contributed by atoms with Crippen LogP contribution in [0, 0.1) is 0 Å². The molecule has 1 amide bonds. The van der Waals surface area contributed by atoms with Crippen molar-refractivity contribution in [3.63, 3.8) is 0 Å². The second-order valence-electron chi connectivity index (χ2n) is 4.12. The molecule has 0 saturated carbocycles. The van der Waals surface area contributed by atoms with Crippen molar-refractivity contribution < 1.29 is 14.7 Å². The van der Waals surface area contributed by atoms with Crippen LogP contribution in [-0.4, -0.2) is 32.0 Å². The van der Waals surface area contributed by atoms with Gasteiger partial charge in [0.05, 0.1) is 27.8 Å². The van der Waals surface area contributed by atoms with E-state index in [9.17, 15) is 9.59 Å². The van der Waals surface area contributed by atoms with E-state index < -0.39 is 11.9 Å². The molecule has 0 atom stereocenters. The van der Waals surface area contributed by atoms with E-state index in [1.165, 1.54) is 10.9 Å². The number of benzene rings is 1. The molecule has 1 aromatic carbocycles. The van der Waals surface area contributed by atoms with Crippen LogP contribution in [0.25, 0.3) is 0 Å². The number of amides is 1. The van der Waals surface area contributed by atoms with Crippen molar-refractivity contribution in [3.05, 3.63) is 40.1 Å². The van der Waals surface area contributed by atoms with Gasteiger partial charge in [-0.3, -0.25) is 9.59 Å². The number of carbonyl (C=O) groups is 2. The van der Waals surface area contributed by atoms with E-state index in [-0.39, 0.29) is 18.7 Å². The van der Waals surface area contributed by atoms with Crippen molar-refractivity contribution in [2.75, 3.05) is 5.32 Å². The Kier molecular flexibility index (Phi) is 4.77. The average Bonchev–Trinajstić information content (AvgIpc) is 2.80. The maximum absolute atomic E-state index is 11.9. The van der Waals surface area contributed by atoms with Crippen molar-refractivity contribution in [3.8, 4) is 0 Å². The Labute approximate surface area is 129 Å². The fourth-order valence-corrected chi connectivity index (χ4v) is 2.09. The fourth-order valence-electron chi connectivity index (χ4n) is 1.60. The Morgan fingerprint density at radius 1 is 1.29 bits per heavy atom. The molecule has 0 radical (unpaired) electrons. The standard InChI is InChI=1S/C12H10Cl2N4O3/c13-8-2-1-3-9(14)12(8)15-10(19)6-18-5-7(16-17-18)4-11(20)21/h1-3,5H,4,6H2,(H,15,19)(H,20,21). The molecule has 0 fully saturated rings. The highest BCUT2D eigenvalue weighted by Gasteiger charge is 2.12. The number of hydrogen-bond donors (Lipinski definition) is 2. The number of rotatable bonds is 5. The molecule has 21 heavy (non-hydrogen) atoms. The molecule has 0 aliphatic carbocycles. The second-order valence-corrected chi connectivity index (χ2v) is 4.94. The number of anilines is 1. The Hall–Kier alpha value is -2.12. The topological polar surface area (TPSA) is 97.1 Å². The number of halogens is 2. The van der Waals surface area contributed by atoms with Crippen LogP contribution in [-0.2, 0) is 22.6 Å². The lowest BCUT2D eigenvalue weighted by atomic mass is 10.3. The van der Waals surface area contributed by atoms with Crippen molar-refractivity contribution in [1.82, 2.24) is 15.0 Å². The number of para-hydroxylation sites is 1. The van der Waals surface area contributed by atoms with Gasteiger partial charge in [-0.1, -0.05) is 34.5 Å². The molecule has 9 heteroatoms. The minimum Gasteiger partial charge on any atom is -0.481 e. The summed E-state index contributed by atoms with van der Waals surface area (Å²) < 4.78 is 1.23. The first-order valence-electron chi connectivity index (χ1n) is 5.80. The second kappa shape index (κ2) is 6.55. The predicted molar refractivity (Wildman–Crippen MR) is 76.5 cm³/mol. The van der Waals surface area contributed by atoms with E-state index in [0.717, 1.165) is 0 Å². The number of aromatic nitrogens is 3. The first-order chi connectivity index (χ1) is 9.95. The minimum atomic E-state index is -1.02. The molecule has 1 aromatic heterocycles. The number of aliphatic carboxylic acids is 1. The Bertz CT molecular complexity index is 667. The Balaban J connectivity index is 2.02. The number of nitrogens with one attached hydrogen (secondary N) is 1. The van der Waals surface area contributed by atoms with Gasteiger partial charge in [-0.2, -0.15) is 0 Å². The summed E-state index contributed by atoms with van der Waals surface area (Å²) in [6.45, 7) is -0.131. The fraction of sp³-hybridized carbons (Fsp3) is 0.167. The van der Waals surface area contributed by atoms with Gasteiger partial charge in [0.1, 0.15) is 6.54 Å². The highest BCUT2D eigenvalue weighted by Crippen LogP contribution is 2.29. The summed E-state index contributed by atoms with van der Waals surface area (Å²) in [7, 11) is 0. The van der Waals surface area contributed by atoms with Crippen molar-refractivity contribution in [2.45, 2.75) is 13.0 Å². The van der Waals surface area contributed by atoms with Crippen LogP contribution >= 0.6 is 23.2 Å². The van der Waals surface area contributed by atoms with Gasteiger partial charge in [0, 0.05) is 6.20 Å². The Morgan fingerprint density at radius 3 is 2.57 bits per heavy atom. The van der Waals surface area contributed by atoms with Crippen molar-refractivity contribution in [1.29, 1.82) is 0 Å². The number of carboxylic acids is 1. The van der Waals surface area contributed by atoms with Gasteiger partial charge < -0.3 is 10.4 Å². The molecule has 0 aliphatic rings.